The quantitative estimate of drug-likeness (QED) is 0.796. The summed E-state index contributed by atoms with van der Waals surface area (Å²) in [6.07, 6.45) is 5.15. The molecule has 0 saturated carbocycles. The first-order valence-corrected chi connectivity index (χ1v) is 7.89. The third-order valence-corrected chi connectivity index (χ3v) is 4.14. The van der Waals surface area contributed by atoms with Crippen LogP contribution in [0.1, 0.15) is 44.2 Å². The lowest BCUT2D eigenvalue weighted by Crippen LogP contribution is -2.45. The van der Waals surface area contributed by atoms with Crippen LogP contribution in [0.5, 0.6) is 0 Å². The van der Waals surface area contributed by atoms with Crippen LogP contribution in [0.25, 0.3) is 0 Å². The van der Waals surface area contributed by atoms with Crippen LogP contribution < -0.4 is 5.32 Å². The van der Waals surface area contributed by atoms with Gasteiger partial charge in [0.05, 0.1) is 0 Å². The van der Waals surface area contributed by atoms with Gasteiger partial charge in [0, 0.05) is 37.2 Å². The first-order chi connectivity index (χ1) is 9.31. The monoisotopic (exact) mass is 280 g/mol. The van der Waals surface area contributed by atoms with Crippen molar-refractivity contribution in [3.05, 3.63) is 34.9 Å². The molecule has 1 N–H and O–H groups in total. The molecule has 1 aliphatic rings. The molecule has 1 aromatic carbocycles. The number of nitrogens with one attached hydrogen (secondary N) is 1. The molecule has 0 spiro atoms. The Hall–Kier alpha value is -0.570. The highest BCUT2D eigenvalue weighted by molar-refractivity contribution is 6.30. The van der Waals surface area contributed by atoms with E-state index in [9.17, 15) is 0 Å². The van der Waals surface area contributed by atoms with Crippen molar-refractivity contribution in [3.63, 3.8) is 0 Å². The molecular formula is C16H25ClN2. The van der Waals surface area contributed by atoms with E-state index in [4.69, 9.17) is 11.6 Å². The molecule has 1 fully saturated rings. The van der Waals surface area contributed by atoms with Gasteiger partial charge in [-0.05, 0) is 24.1 Å². The maximum absolute atomic E-state index is 6.16. The van der Waals surface area contributed by atoms with E-state index in [1.54, 1.807) is 0 Å². The van der Waals surface area contributed by atoms with Gasteiger partial charge < -0.3 is 5.32 Å². The predicted molar refractivity (Wildman–Crippen MR) is 82.8 cm³/mol. The summed E-state index contributed by atoms with van der Waals surface area (Å²) in [5.74, 6) is 0. The molecule has 1 heterocycles. The molecule has 0 radical (unpaired) electrons. The van der Waals surface area contributed by atoms with E-state index >= 15 is 0 Å². The zero-order valence-electron chi connectivity index (χ0n) is 11.9. The normalized spacial score (nSPS) is 18.4. The summed E-state index contributed by atoms with van der Waals surface area (Å²) in [4.78, 5) is 2.61. The van der Waals surface area contributed by atoms with E-state index in [0.717, 1.165) is 31.2 Å². The van der Waals surface area contributed by atoms with Gasteiger partial charge in [0.2, 0.25) is 0 Å². The first kappa shape index (κ1) is 14.8. The zero-order chi connectivity index (χ0) is 13.5. The van der Waals surface area contributed by atoms with Gasteiger partial charge in [0.1, 0.15) is 0 Å². The van der Waals surface area contributed by atoms with E-state index in [1.165, 1.54) is 31.2 Å². The van der Waals surface area contributed by atoms with E-state index < -0.39 is 0 Å². The molecule has 1 saturated heterocycles. The van der Waals surface area contributed by atoms with Gasteiger partial charge in [-0.15, -0.1) is 0 Å². The van der Waals surface area contributed by atoms with Crippen LogP contribution in [0.2, 0.25) is 5.02 Å². The molecule has 0 aromatic heterocycles. The van der Waals surface area contributed by atoms with Gasteiger partial charge in [0.15, 0.2) is 0 Å². The zero-order valence-corrected chi connectivity index (χ0v) is 12.6. The molecule has 1 aliphatic heterocycles. The number of hydrogen-bond acceptors (Lipinski definition) is 2. The Morgan fingerprint density at radius 3 is 2.74 bits per heavy atom. The van der Waals surface area contributed by atoms with Crippen LogP contribution in [0.4, 0.5) is 0 Å². The summed E-state index contributed by atoms with van der Waals surface area (Å²) >= 11 is 6.16. The van der Waals surface area contributed by atoms with Crippen LogP contribution >= 0.6 is 11.6 Å². The Balaban J connectivity index is 2.08. The summed E-state index contributed by atoms with van der Waals surface area (Å²) < 4.78 is 0. The fourth-order valence-electron chi connectivity index (χ4n) is 2.86. The smallest absolute Gasteiger partial charge is 0.0409 e. The second-order valence-electron chi connectivity index (χ2n) is 5.35. The summed E-state index contributed by atoms with van der Waals surface area (Å²) in [7, 11) is 0. The molecule has 3 heteroatoms. The van der Waals surface area contributed by atoms with Gasteiger partial charge in [-0.2, -0.15) is 0 Å². The SMILES string of the molecule is CCCCC[C@H](c1cccc(Cl)c1)N1CCNCC1. The number of benzene rings is 1. The second kappa shape index (κ2) is 7.88. The fourth-order valence-corrected chi connectivity index (χ4v) is 3.05. The van der Waals surface area contributed by atoms with Gasteiger partial charge in [0.25, 0.3) is 0 Å². The van der Waals surface area contributed by atoms with Crippen molar-refractivity contribution in [1.29, 1.82) is 0 Å². The molecule has 19 heavy (non-hydrogen) atoms. The Bertz CT molecular complexity index is 375. The number of unbranched alkanes of at least 4 members (excludes halogenated alkanes) is 2. The Kier molecular flexibility index (Phi) is 6.15. The number of piperazine rings is 1. The summed E-state index contributed by atoms with van der Waals surface area (Å²) in [5.41, 5.74) is 1.38. The van der Waals surface area contributed by atoms with E-state index in [-0.39, 0.29) is 0 Å². The molecular weight excluding hydrogens is 256 g/mol. The molecule has 2 nitrogen and oxygen atoms in total. The van der Waals surface area contributed by atoms with Crippen molar-refractivity contribution in [2.24, 2.45) is 0 Å². The van der Waals surface area contributed by atoms with Gasteiger partial charge >= 0.3 is 0 Å². The first-order valence-electron chi connectivity index (χ1n) is 7.51. The Morgan fingerprint density at radius 2 is 2.05 bits per heavy atom. The molecule has 0 unspecified atom stereocenters. The molecule has 1 aromatic rings. The van der Waals surface area contributed by atoms with Crippen molar-refractivity contribution in [1.82, 2.24) is 10.2 Å². The van der Waals surface area contributed by atoms with E-state index in [2.05, 4.69) is 35.3 Å². The number of hydrogen-bond donors (Lipinski definition) is 1. The predicted octanol–water partition coefficient (Wildman–Crippen LogP) is 3.87. The number of nitrogens with zero attached hydrogens (tertiary/aromatic N) is 1. The van der Waals surface area contributed by atoms with Crippen molar-refractivity contribution in [3.8, 4) is 0 Å². The van der Waals surface area contributed by atoms with Crippen LogP contribution in [-0.2, 0) is 0 Å². The third-order valence-electron chi connectivity index (χ3n) is 3.91. The number of rotatable bonds is 6. The minimum absolute atomic E-state index is 0.535. The largest absolute Gasteiger partial charge is 0.314 e. The lowest BCUT2D eigenvalue weighted by atomic mass is 9.98. The lowest BCUT2D eigenvalue weighted by molar-refractivity contribution is 0.163. The van der Waals surface area contributed by atoms with Crippen molar-refractivity contribution >= 4 is 11.6 Å². The van der Waals surface area contributed by atoms with Crippen LogP contribution in [0, 0.1) is 0 Å². The molecule has 0 aliphatic carbocycles. The highest BCUT2D eigenvalue weighted by atomic mass is 35.5. The molecule has 1 atom stereocenters. The summed E-state index contributed by atoms with van der Waals surface area (Å²) in [6.45, 7) is 6.75. The van der Waals surface area contributed by atoms with Crippen molar-refractivity contribution < 1.29 is 0 Å². The van der Waals surface area contributed by atoms with Gasteiger partial charge in [-0.3, -0.25) is 4.90 Å². The van der Waals surface area contributed by atoms with Gasteiger partial charge in [-0.25, -0.2) is 0 Å². The molecule has 0 amide bonds. The topological polar surface area (TPSA) is 15.3 Å². The minimum Gasteiger partial charge on any atom is -0.314 e. The van der Waals surface area contributed by atoms with Crippen molar-refractivity contribution in [2.75, 3.05) is 26.2 Å². The average Bonchev–Trinajstić information content (AvgIpc) is 2.45. The maximum atomic E-state index is 6.16. The van der Waals surface area contributed by atoms with Crippen LogP contribution in [0.15, 0.2) is 24.3 Å². The summed E-state index contributed by atoms with van der Waals surface area (Å²) in [5, 5.41) is 4.29. The highest BCUT2D eigenvalue weighted by Crippen LogP contribution is 2.28. The van der Waals surface area contributed by atoms with Crippen molar-refractivity contribution in [2.45, 2.75) is 38.6 Å². The van der Waals surface area contributed by atoms with E-state index in [0.29, 0.717) is 6.04 Å². The number of halogens is 1. The average molecular weight is 281 g/mol. The van der Waals surface area contributed by atoms with Crippen LogP contribution in [-0.4, -0.2) is 31.1 Å². The molecule has 2 rings (SSSR count). The molecule has 0 bridgehead atoms. The van der Waals surface area contributed by atoms with Crippen LogP contribution in [0.3, 0.4) is 0 Å². The lowest BCUT2D eigenvalue weighted by Gasteiger charge is -2.35. The maximum Gasteiger partial charge on any atom is 0.0409 e. The second-order valence-corrected chi connectivity index (χ2v) is 5.79. The third kappa shape index (κ3) is 4.48. The Morgan fingerprint density at radius 1 is 1.26 bits per heavy atom. The highest BCUT2D eigenvalue weighted by Gasteiger charge is 2.21. The molecule has 106 valence electrons. The fraction of sp³-hybridized carbons (Fsp3) is 0.625. The summed E-state index contributed by atoms with van der Waals surface area (Å²) in [6, 6.07) is 8.94. The minimum atomic E-state index is 0.535. The van der Waals surface area contributed by atoms with Gasteiger partial charge in [-0.1, -0.05) is 49.9 Å². The Labute approximate surface area is 122 Å². The standard InChI is InChI=1S/C16H25ClN2/c1-2-3-4-8-16(19-11-9-18-10-12-19)14-6-5-7-15(17)13-14/h5-7,13,16,18H,2-4,8-12H2,1H3/t16-/m1/s1. The van der Waals surface area contributed by atoms with E-state index in [1.807, 2.05) is 6.07 Å².